The summed E-state index contributed by atoms with van der Waals surface area (Å²) in [6, 6.07) is 2.86. The molecule has 2 fully saturated rings. The van der Waals surface area contributed by atoms with Crippen LogP contribution in [0.2, 0.25) is 0 Å². The Bertz CT molecular complexity index is 599. The Kier molecular flexibility index (Phi) is 3.85. The summed E-state index contributed by atoms with van der Waals surface area (Å²) in [4.78, 5) is 24.2. The lowest BCUT2D eigenvalue weighted by atomic mass is 9.84. The van der Waals surface area contributed by atoms with Gasteiger partial charge in [-0.3, -0.25) is 9.59 Å². The van der Waals surface area contributed by atoms with Gasteiger partial charge in [0, 0.05) is 6.04 Å². The van der Waals surface area contributed by atoms with Crippen LogP contribution in [-0.2, 0) is 9.53 Å². The number of hydrogen-bond acceptors (Lipinski definition) is 3. The molecule has 4 atom stereocenters. The van der Waals surface area contributed by atoms with Gasteiger partial charge in [0.05, 0.1) is 13.0 Å². The summed E-state index contributed by atoms with van der Waals surface area (Å²) < 4.78 is 32.2. The third-order valence-corrected chi connectivity index (χ3v) is 4.88. The van der Waals surface area contributed by atoms with E-state index in [4.69, 9.17) is 4.74 Å². The lowest BCUT2D eigenvalue weighted by molar-refractivity contribution is -0.148. The number of amides is 1. The highest BCUT2D eigenvalue weighted by Crippen LogP contribution is 2.49. The van der Waals surface area contributed by atoms with Gasteiger partial charge in [-0.1, -0.05) is 6.07 Å². The number of ether oxygens (including phenoxy) is 1. The quantitative estimate of drug-likeness (QED) is 0.872. The fourth-order valence-electron chi connectivity index (χ4n) is 3.91. The third kappa shape index (κ3) is 2.36. The molecule has 0 aromatic heterocycles. The molecule has 0 radical (unpaired) electrons. The molecule has 4 nitrogen and oxygen atoms in total. The molecule has 1 aromatic carbocycles. The zero-order chi connectivity index (χ0) is 15.9. The van der Waals surface area contributed by atoms with Crippen molar-refractivity contribution < 1.29 is 23.1 Å². The molecule has 22 heavy (non-hydrogen) atoms. The highest BCUT2D eigenvalue weighted by molar-refractivity contribution is 5.95. The number of carbonyl (C=O) groups is 2. The van der Waals surface area contributed by atoms with E-state index in [1.807, 2.05) is 0 Å². The van der Waals surface area contributed by atoms with Crippen molar-refractivity contribution >= 4 is 11.9 Å². The zero-order valence-electron chi connectivity index (χ0n) is 12.1. The minimum absolute atomic E-state index is 0.160. The van der Waals surface area contributed by atoms with E-state index in [0.29, 0.717) is 0 Å². The van der Waals surface area contributed by atoms with Gasteiger partial charge in [-0.2, -0.15) is 0 Å². The van der Waals surface area contributed by atoms with E-state index in [-0.39, 0.29) is 17.8 Å². The van der Waals surface area contributed by atoms with Crippen LogP contribution in [-0.4, -0.2) is 25.0 Å². The van der Waals surface area contributed by atoms with E-state index in [2.05, 4.69) is 5.32 Å². The van der Waals surface area contributed by atoms with Gasteiger partial charge in [0.25, 0.3) is 5.91 Å². The third-order valence-electron chi connectivity index (χ3n) is 4.88. The first-order valence-electron chi connectivity index (χ1n) is 7.35. The average molecular weight is 309 g/mol. The Hall–Kier alpha value is -1.98. The highest BCUT2D eigenvalue weighted by Gasteiger charge is 2.52. The van der Waals surface area contributed by atoms with Gasteiger partial charge >= 0.3 is 5.97 Å². The molecule has 2 aliphatic carbocycles. The summed E-state index contributed by atoms with van der Waals surface area (Å²) in [5.74, 6) is -3.09. The molecule has 0 heterocycles. The first kappa shape index (κ1) is 14.9. The number of halogens is 2. The topological polar surface area (TPSA) is 55.4 Å². The molecule has 118 valence electrons. The molecule has 1 aromatic rings. The van der Waals surface area contributed by atoms with Crippen LogP contribution in [0.1, 0.15) is 29.6 Å². The van der Waals surface area contributed by atoms with Crippen molar-refractivity contribution in [1.29, 1.82) is 0 Å². The maximum atomic E-state index is 13.7. The molecule has 1 N–H and O–H groups in total. The van der Waals surface area contributed by atoms with Crippen molar-refractivity contribution in [3.05, 3.63) is 35.4 Å². The van der Waals surface area contributed by atoms with Crippen molar-refractivity contribution in [3.8, 4) is 0 Å². The van der Waals surface area contributed by atoms with Gasteiger partial charge in [-0.25, -0.2) is 8.78 Å². The summed E-state index contributed by atoms with van der Waals surface area (Å²) in [6.45, 7) is 0. The normalized spacial score (nSPS) is 29.4. The summed E-state index contributed by atoms with van der Waals surface area (Å²) >= 11 is 0. The SMILES string of the molecule is COC(=O)[C@H]1[C@H]2CC[C@@H](C2)[C@@H]1NC(=O)c1c(F)cccc1F. The standard InChI is InChI=1S/C16H17F2NO3/c1-22-16(21)12-8-5-6-9(7-8)14(12)19-15(20)13-10(17)3-2-4-11(13)18/h2-4,8-9,12,14H,5-7H2,1H3,(H,19,20)/t8-,9-,12-,14-/m0/s1. The van der Waals surface area contributed by atoms with Crippen LogP contribution in [0.5, 0.6) is 0 Å². The van der Waals surface area contributed by atoms with E-state index < -0.39 is 35.1 Å². The second-order valence-corrected chi connectivity index (χ2v) is 5.98. The van der Waals surface area contributed by atoms with E-state index in [1.165, 1.54) is 13.2 Å². The number of esters is 1. The highest BCUT2D eigenvalue weighted by atomic mass is 19.1. The fraction of sp³-hybridized carbons (Fsp3) is 0.500. The minimum Gasteiger partial charge on any atom is -0.469 e. The van der Waals surface area contributed by atoms with E-state index in [0.717, 1.165) is 31.4 Å². The molecule has 2 bridgehead atoms. The number of hydrogen-bond donors (Lipinski definition) is 1. The van der Waals surface area contributed by atoms with Gasteiger partial charge in [0.1, 0.15) is 17.2 Å². The first-order chi connectivity index (χ1) is 10.5. The molecule has 6 heteroatoms. The largest absolute Gasteiger partial charge is 0.469 e. The molecule has 2 saturated carbocycles. The van der Waals surface area contributed by atoms with E-state index >= 15 is 0 Å². The Morgan fingerprint density at radius 1 is 1.18 bits per heavy atom. The maximum Gasteiger partial charge on any atom is 0.311 e. The number of nitrogens with one attached hydrogen (secondary N) is 1. The van der Waals surface area contributed by atoms with Gasteiger partial charge in [-0.05, 0) is 43.2 Å². The van der Waals surface area contributed by atoms with Crippen molar-refractivity contribution in [2.45, 2.75) is 25.3 Å². The zero-order valence-corrected chi connectivity index (χ0v) is 12.1. The van der Waals surface area contributed by atoms with Gasteiger partial charge < -0.3 is 10.1 Å². The molecule has 2 aliphatic rings. The van der Waals surface area contributed by atoms with E-state index in [9.17, 15) is 18.4 Å². The van der Waals surface area contributed by atoms with Crippen LogP contribution in [0.4, 0.5) is 8.78 Å². The second kappa shape index (κ2) is 5.66. The molecule has 0 unspecified atom stereocenters. The maximum absolute atomic E-state index is 13.7. The number of rotatable bonds is 3. The van der Waals surface area contributed by atoms with Gasteiger partial charge in [-0.15, -0.1) is 0 Å². The Morgan fingerprint density at radius 2 is 1.82 bits per heavy atom. The van der Waals surface area contributed by atoms with Crippen LogP contribution in [0.15, 0.2) is 18.2 Å². The summed E-state index contributed by atoms with van der Waals surface area (Å²) in [5, 5.41) is 2.65. The number of methoxy groups -OCH3 is 1. The van der Waals surface area contributed by atoms with Crippen LogP contribution in [0.25, 0.3) is 0 Å². The van der Waals surface area contributed by atoms with Crippen LogP contribution < -0.4 is 5.32 Å². The second-order valence-electron chi connectivity index (χ2n) is 5.98. The number of fused-ring (bicyclic) bond motifs is 2. The number of benzene rings is 1. The predicted molar refractivity (Wildman–Crippen MR) is 73.9 cm³/mol. The van der Waals surface area contributed by atoms with E-state index in [1.54, 1.807) is 0 Å². The van der Waals surface area contributed by atoms with Gasteiger partial charge in [0.2, 0.25) is 0 Å². The predicted octanol–water partition coefficient (Wildman–Crippen LogP) is 2.28. The summed E-state index contributed by atoms with van der Waals surface area (Å²) in [6.07, 6.45) is 2.66. The molecule has 0 saturated heterocycles. The average Bonchev–Trinajstić information content (AvgIpc) is 3.07. The molecular weight excluding hydrogens is 292 g/mol. The van der Waals surface area contributed by atoms with Crippen LogP contribution >= 0.6 is 0 Å². The molecular formula is C16H17F2NO3. The monoisotopic (exact) mass is 309 g/mol. The summed E-state index contributed by atoms with van der Waals surface area (Å²) in [5.41, 5.74) is -0.603. The molecule has 0 aliphatic heterocycles. The Morgan fingerprint density at radius 3 is 2.45 bits per heavy atom. The van der Waals surface area contributed by atoms with Crippen molar-refractivity contribution in [1.82, 2.24) is 5.32 Å². The lowest BCUT2D eigenvalue weighted by Crippen LogP contribution is -2.47. The Labute approximate surface area is 126 Å². The first-order valence-corrected chi connectivity index (χ1v) is 7.35. The van der Waals surface area contributed by atoms with Crippen molar-refractivity contribution in [2.24, 2.45) is 17.8 Å². The molecule has 0 spiro atoms. The lowest BCUT2D eigenvalue weighted by Gasteiger charge is -2.29. The van der Waals surface area contributed by atoms with Crippen molar-refractivity contribution in [2.75, 3.05) is 7.11 Å². The Balaban J connectivity index is 1.82. The van der Waals surface area contributed by atoms with Gasteiger partial charge in [0.15, 0.2) is 0 Å². The van der Waals surface area contributed by atoms with Crippen LogP contribution in [0, 0.1) is 29.4 Å². The molecule has 3 rings (SSSR count). The molecule has 1 amide bonds. The van der Waals surface area contributed by atoms with Crippen LogP contribution in [0.3, 0.4) is 0 Å². The minimum atomic E-state index is -0.907. The summed E-state index contributed by atoms with van der Waals surface area (Å²) in [7, 11) is 1.31. The number of carbonyl (C=O) groups excluding carboxylic acids is 2. The fourth-order valence-corrected chi connectivity index (χ4v) is 3.91. The van der Waals surface area contributed by atoms with Crippen molar-refractivity contribution in [3.63, 3.8) is 0 Å². The smallest absolute Gasteiger partial charge is 0.311 e.